The van der Waals surface area contributed by atoms with Crippen molar-refractivity contribution in [2.75, 3.05) is 11.9 Å². The number of hydrogen-bond donors (Lipinski definition) is 1. The minimum absolute atomic E-state index is 0.0135. The smallest absolute Gasteiger partial charge is 0.416 e. The van der Waals surface area contributed by atoms with E-state index in [4.69, 9.17) is 16.3 Å². The van der Waals surface area contributed by atoms with Gasteiger partial charge in [-0.1, -0.05) is 54.1 Å². The quantitative estimate of drug-likeness (QED) is 0.318. The highest BCUT2D eigenvalue weighted by Gasteiger charge is 2.61. The van der Waals surface area contributed by atoms with E-state index < -0.39 is 59.9 Å². The van der Waals surface area contributed by atoms with E-state index in [9.17, 15) is 32.3 Å². The second-order valence-corrected chi connectivity index (χ2v) is 10.0. The summed E-state index contributed by atoms with van der Waals surface area (Å²) in [6.45, 7) is -0.855. The van der Waals surface area contributed by atoms with Crippen molar-refractivity contribution in [3.8, 4) is 0 Å². The van der Waals surface area contributed by atoms with Gasteiger partial charge in [-0.05, 0) is 42.0 Å². The van der Waals surface area contributed by atoms with Gasteiger partial charge in [0.05, 0.1) is 28.1 Å². The Morgan fingerprint density at radius 3 is 2.26 bits per heavy atom. The standard InChI is InChI=1S/C27H22ClF3N2O5/c28-18-9-8-17(27(29,30)31)12-19(18)32-21(34)13-38-26(37)20(10-14-4-2-1-3-5-14)33-24(35)22-15-6-7-16(11-15)23(22)25(33)36/h1-9,12,15-16,20,22-23H,10-11,13H2,(H,32,34)/t15-,16-,20-,22+,23+/m0/s1. The van der Waals surface area contributed by atoms with Gasteiger partial charge in [-0.3, -0.25) is 19.3 Å². The summed E-state index contributed by atoms with van der Waals surface area (Å²) >= 11 is 5.91. The van der Waals surface area contributed by atoms with E-state index in [0.717, 1.165) is 23.5 Å². The second kappa shape index (κ2) is 9.90. The third kappa shape index (κ3) is 4.80. The summed E-state index contributed by atoms with van der Waals surface area (Å²) in [6, 6.07) is 9.88. The number of amides is 3. The molecule has 2 aromatic rings. The average molecular weight is 547 g/mol. The Kier molecular flexibility index (Phi) is 6.77. The number of imide groups is 1. The van der Waals surface area contributed by atoms with Crippen molar-refractivity contribution in [2.24, 2.45) is 23.7 Å². The van der Waals surface area contributed by atoms with Gasteiger partial charge in [-0.2, -0.15) is 13.2 Å². The molecule has 1 N–H and O–H groups in total. The van der Waals surface area contributed by atoms with Gasteiger partial charge < -0.3 is 10.1 Å². The number of halogens is 4. The highest BCUT2D eigenvalue weighted by molar-refractivity contribution is 6.33. The van der Waals surface area contributed by atoms with Gasteiger partial charge in [-0.15, -0.1) is 0 Å². The van der Waals surface area contributed by atoms with Crippen molar-refractivity contribution in [1.82, 2.24) is 4.90 Å². The molecule has 0 spiro atoms. The molecule has 7 nitrogen and oxygen atoms in total. The third-order valence-corrected chi connectivity index (χ3v) is 7.60. The molecular weight excluding hydrogens is 525 g/mol. The molecular formula is C27H22ClF3N2O5. The van der Waals surface area contributed by atoms with Gasteiger partial charge in [0.2, 0.25) is 11.8 Å². The van der Waals surface area contributed by atoms with Crippen LogP contribution in [-0.4, -0.2) is 41.2 Å². The lowest BCUT2D eigenvalue weighted by molar-refractivity contribution is -0.160. The number of nitrogens with zero attached hydrogens (tertiary/aromatic N) is 1. The first-order valence-corrected chi connectivity index (χ1v) is 12.3. The normalized spacial score (nSPS) is 24.5. The number of likely N-dealkylation sites (tertiary alicyclic amines) is 1. The first kappa shape index (κ1) is 26.0. The number of anilines is 1. The zero-order valence-electron chi connectivity index (χ0n) is 19.8. The van der Waals surface area contributed by atoms with Crippen molar-refractivity contribution in [3.05, 3.63) is 76.8 Å². The second-order valence-electron chi connectivity index (χ2n) is 9.60. The van der Waals surface area contributed by atoms with E-state index in [2.05, 4.69) is 5.32 Å². The third-order valence-electron chi connectivity index (χ3n) is 7.27. The summed E-state index contributed by atoms with van der Waals surface area (Å²) in [5.41, 5.74) is -0.644. The summed E-state index contributed by atoms with van der Waals surface area (Å²) in [7, 11) is 0. The fourth-order valence-electron chi connectivity index (χ4n) is 5.57. The number of ether oxygens (including phenoxy) is 1. The van der Waals surface area contributed by atoms with Gasteiger partial charge in [0.15, 0.2) is 6.61 Å². The first-order valence-electron chi connectivity index (χ1n) is 12.0. The van der Waals surface area contributed by atoms with Crippen LogP contribution in [0.5, 0.6) is 0 Å². The molecule has 2 aliphatic carbocycles. The SMILES string of the molecule is O=C(COC(=O)[C@H](Cc1ccccc1)N1C(=O)[C@H]2[C@H](C1=O)[C@H]1C=C[C@H]2C1)Nc1cc(C(F)(F)F)ccc1Cl. The molecule has 0 aromatic heterocycles. The Morgan fingerprint density at radius 2 is 1.66 bits per heavy atom. The number of carbonyl (C=O) groups excluding carboxylic acids is 4. The molecule has 3 amide bonds. The summed E-state index contributed by atoms with van der Waals surface area (Å²) in [6.07, 6.45) is -0.0565. The van der Waals surface area contributed by atoms with Crippen molar-refractivity contribution >= 4 is 41.0 Å². The number of esters is 1. The maximum absolute atomic E-state index is 13.3. The Morgan fingerprint density at radius 1 is 1.03 bits per heavy atom. The average Bonchev–Trinajstić information content (AvgIpc) is 3.56. The van der Waals surface area contributed by atoms with E-state index in [1.54, 1.807) is 30.3 Å². The number of carbonyl (C=O) groups is 4. The van der Waals surface area contributed by atoms with Crippen LogP contribution in [0.4, 0.5) is 18.9 Å². The lowest BCUT2D eigenvalue weighted by Gasteiger charge is -2.26. The Balaban J connectivity index is 1.31. The van der Waals surface area contributed by atoms with Crippen LogP contribution in [0.3, 0.4) is 0 Å². The minimum atomic E-state index is -4.65. The maximum Gasteiger partial charge on any atom is 0.416 e. The molecule has 2 bridgehead atoms. The molecule has 3 aliphatic rings. The van der Waals surface area contributed by atoms with Crippen LogP contribution in [0, 0.1) is 23.7 Å². The number of alkyl halides is 3. The molecule has 1 saturated carbocycles. The van der Waals surface area contributed by atoms with E-state index in [1.165, 1.54) is 0 Å². The molecule has 38 heavy (non-hydrogen) atoms. The summed E-state index contributed by atoms with van der Waals surface area (Å²) in [5, 5.41) is 2.07. The van der Waals surface area contributed by atoms with Crippen LogP contribution in [0.1, 0.15) is 17.5 Å². The number of rotatable bonds is 7. The molecule has 5 atom stereocenters. The number of fused-ring (bicyclic) bond motifs is 5. The fourth-order valence-corrected chi connectivity index (χ4v) is 5.73. The van der Waals surface area contributed by atoms with Crippen molar-refractivity contribution in [1.29, 1.82) is 0 Å². The molecule has 0 unspecified atom stereocenters. The largest absolute Gasteiger partial charge is 0.454 e. The molecule has 0 radical (unpaired) electrons. The van der Waals surface area contributed by atoms with Crippen LogP contribution in [0.2, 0.25) is 5.02 Å². The molecule has 1 saturated heterocycles. The summed E-state index contributed by atoms with van der Waals surface area (Å²) in [4.78, 5) is 53.3. The Bertz CT molecular complexity index is 1300. The Hall–Kier alpha value is -3.66. The number of hydrogen-bond acceptors (Lipinski definition) is 5. The highest BCUT2D eigenvalue weighted by atomic mass is 35.5. The minimum Gasteiger partial charge on any atom is -0.454 e. The van der Waals surface area contributed by atoms with Gasteiger partial charge in [0, 0.05) is 6.42 Å². The molecule has 5 rings (SSSR count). The van der Waals surface area contributed by atoms with E-state index >= 15 is 0 Å². The van der Waals surface area contributed by atoms with Crippen LogP contribution >= 0.6 is 11.6 Å². The van der Waals surface area contributed by atoms with Gasteiger partial charge in [0.1, 0.15) is 6.04 Å². The van der Waals surface area contributed by atoms with Crippen LogP contribution in [-0.2, 0) is 36.5 Å². The van der Waals surface area contributed by atoms with Crippen LogP contribution < -0.4 is 5.32 Å². The Labute approximate surface area is 220 Å². The molecule has 2 aromatic carbocycles. The molecule has 1 heterocycles. The zero-order chi connectivity index (χ0) is 27.2. The number of allylic oxidation sites excluding steroid dienone is 2. The van der Waals surface area contributed by atoms with Gasteiger partial charge >= 0.3 is 12.1 Å². The molecule has 1 aliphatic heterocycles. The molecule has 2 fully saturated rings. The van der Waals surface area contributed by atoms with E-state index in [1.807, 2.05) is 12.2 Å². The fraction of sp³-hybridized carbons (Fsp3) is 0.333. The van der Waals surface area contributed by atoms with Crippen molar-refractivity contribution < 1.29 is 37.1 Å². The van der Waals surface area contributed by atoms with Crippen LogP contribution in [0.15, 0.2) is 60.7 Å². The maximum atomic E-state index is 13.3. The summed E-state index contributed by atoms with van der Waals surface area (Å²) in [5.74, 6) is -3.92. The van der Waals surface area contributed by atoms with Gasteiger partial charge in [0.25, 0.3) is 5.91 Å². The van der Waals surface area contributed by atoms with Crippen molar-refractivity contribution in [3.63, 3.8) is 0 Å². The first-order chi connectivity index (χ1) is 18.0. The molecule has 11 heteroatoms. The van der Waals surface area contributed by atoms with E-state index in [0.29, 0.717) is 11.6 Å². The lowest BCUT2D eigenvalue weighted by Crippen LogP contribution is -2.48. The molecule has 198 valence electrons. The van der Waals surface area contributed by atoms with Gasteiger partial charge in [-0.25, -0.2) is 4.79 Å². The summed E-state index contributed by atoms with van der Waals surface area (Å²) < 4.78 is 44.2. The van der Waals surface area contributed by atoms with Crippen molar-refractivity contribution in [2.45, 2.75) is 25.1 Å². The topological polar surface area (TPSA) is 92.8 Å². The number of benzene rings is 2. The monoisotopic (exact) mass is 546 g/mol. The highest BCUT2D eigenvalue weighted by Crippen LogP contribution is 2.53. The van der Waals surface area contributed by atoms with E-state index in [-0.39, 0.29) is 29.0 Å². The predicted molar refractivity (Wildman–Crippen MR) is 130 cm³/mol. The predicted octanol–water partition coefficient (Wildman–Crippen LogP) is 4.26. The van der Waals surface area contributed by atoms with Crippen LogP contribution in [0.25, 0.3) is 0 Å². The zero-order valence-corrected chi connectivity index (χ0v) is 20.5. The lowest BCUT2D eigenvalue weighted by atomic mass is 9.85. The number of nitrogens with one attached hydrogen (secondary N) is 1.